The number of likely N-dealkylation sites (tertiary alicyclic amines) is 1. The Morgan fingerprint density at radius 1 is 0.908 bits per heavy atom. The number of hydrogen-bond acceptors (Lipinski definition) is 10. The Labute approximate surface area is 378 Å². The van der Waals surface area contributed by atoms with Crippen LogP contribution in [0.25, 0.3) is 22.2 Å². The minimum Gasteiger partial charge on any atom is -0.497 e. The Morgan fingerprint density at radius 3 is 2.18 bits per heavy atom. The molecule has 8 rings (SSSR count). The van der Waals surface area contributed by atoms with E-state index in [1.54, 1.807) is 70.3 Å². The molecule has 0 spiro atoms. The molecule has 1 aromatic heterocycles. The van der Waals surface area contributed by atoms with Gasteiger partial charge in [-0.1, -0.05) is 106 Å². The van der Waals surface area contributed by atoms with E-state index in [0.29, 0.717) is 40.9 Å². The van der Waals surface area contributed by atoms with Gasteiger partial charge in [0, 0.05) is 35.4 Å². The van der Waals surface area contributed by atoms with Gasteiger partial charge in [0.05, 0.1) is 29.6 Å². The Bertz CT molecular complexity index is 2730. The minimum atomic E-state index is -4.19. The number of fused-ring (bicyclic) bond motifs is 1. The van der Waals surface area contributed by atoms with Crippen molar-refractivity contribution in [3.8, 4) is 28.5 Å². The highest BCUT2D eigenvalue weighted by Gasteiger charge is 2.63. The lowest BCUT2D eigenvalue weighted by atomic mass is 9.85. The molecule has 3 aliphatic rings. The van der Waals surface area contributed by atoms with E-state index in [-0.39, 0.29) is 31.6 Å². The molecule has 4 amide bonds. The van der Waals surface area contributed by atoms with Crippen molar-refractivity contribution in [3.63, 3.8) is 0 Å². The monoisotopic (exact) mass is 899 g/mol. The number of methoxy groups -OCH3 is 1. The van der Waals surface area contributed by atoms with Crippen molar-refractivity contribution < 1.29 is 41.8 Å². The number of nitrogens with one attached hydrogen (secondary N) is 3. The molecule has 2 saturated carbocycles. The first kappa shape index (κ1) is 44.9. The molecule has 2 heterocycles. The molecule has 3 N–H and O–H groups in total. The molecule has 2 aliphatic carbocycles. The molecule has 14 nitrogen and oxygen atoms in total. The van der Waals surface area contributed by atoms with Crippen LogP contribution in [0.2, 0.25) is 0 Å². The van der Waals surface area contributed by atoms with Crippen molar-refractivity contribution in [2.45, 2.75) is 81.3 Å². The van der Waals surface area contributed by atoms with Gasteiger partial charge in [0.15, 0.2) is 0 Å². The van der Waals surface area contributed by atoms with Crippen molar-refractivity contribution in [1.82, 2.24) is 25.2 Å². The van der Waals surface area contributed by atoms with E-state index in [2.05, 4.69) is 21.9 Å². The first-order valence-corrected chi connectivity index (χ1v) is 23.1. The summed E-state index contributed by atoms with van der Waals surface area (Å²) < 4.78 is 46.8. The van der Waals surface area contributed by atoms with Gasteiger partial charge in [-0.05, 0) is 60.9 Å². The fourth-order valence-corrected chi connectivity index (χ4v) is 10.2. The summed E-state index contributed by atoms with van der Waals surface area (Å²) in [6.45, 7) is 9.12. The van der Waals surface area contributed by atoms with Crippen LogP contribution in [-0.2, 0) is 30.8 Å². The Morgan fingerprint density at radius 2 is 1.57 bits per heavy atom. The van der Waals surface area contributed by atoms with Crippen molar-refractivity contribution in [2.75, 3.05) is 13.7 Å². The summed E-state index contributed by atoms with van der Waals surface area (Å²) in [7, 11) is -2.62. The molecule has 1 aliphatic heterocycles. The maximum atomic E-state index is 14.9. The maximum Gasteiger partial charge on any atom is 0.413 e. The fraction of sp³-hybridized carbons (Fsp3) is 0.340. The van der Waals surface area contributed by atoms with Crippen molar-refractivity contribution in [3.05, 3.63) is 133 Å². The van der Waals surface area contributed by atoms with Gasteiger partial charge < -0.3 is 29.7 Å². The van der Waals surface area contributed by atoms with Gasteiger partial charge in [-0.15, -0.1) is 6.58 Å². The lowest BCUT2D eigenvalue weighted by Crippen LogP contribution is -2.60. The van der Waals surface area contributed by atoms with Crippen molar-refractivity contribution >= 4 is 44.7 Å². The fourth-order valence-electron chi connectivity index (χ4n) is 8.58. The van der Waals surface area contributed by atoms with Crippen LogP contribution in [0.3, 0.4) is 0 Å². The number of ether oxygens (including phenoxy) is 3. The third-order valence-electron chi connectivity index (χ3n) is 12.5. The van der Waals surface area contributed by atoms with Crippen LogP contribution in [0.5, 0.6) is 17.2 Å². The van der Waals surface area contributed by atoms with Crippen LogP contribution in [0.1, 0.15) is 52.0 Å². The predicted molar refractivity (Wildman–Crippen MR) is 245 cm³/mol. The van der Waals surface area contributed by atoms with Gasteiger partial charge >= 0.3 is 6.09 Å². The molecule has 5 aromatic rings. The zero-order chi connectivity index (χ0) is 46.1. The second-order valence-electron chi connectivity index (χ2n) is 18.2. The number of para-hydroxylation sites is 1. The number of aromatic nitrogens is 1. The van der Waals surface area contributed by atoms with Crippen molar-refractivity contribution in [2.24, 2.45) is 11.3 Å². The minimum absolute atomic E-state index is 0.0154. The summed E-state index contributed by atoms with van der Waals surface area (Å²) in [4.78, 5) is 63.5. The van der Waals surface area contributed by atoms with Crippen LogP contribution in [0.15, 0.2) is 128 Å². The molecule has 3 fully saturated rings. The van der Waals surface area contributed by atoms with Gasteiger partial charge in [0.2, 0.25) is 21.8 Å². The first-order chi connectivity index (χ1) is 31.0. The molecular weight excluding hydrogens is 847 g/mol. The lowest BCUT2D eigenvalue weighted by Gasteiger charge is -2.35. The first-order valence-electron chi connectivity index (χ1n) is 21.6. The summed E-state index contributed by atoms with van der Waals surface area (Å²) in [6.07, 6.45) is 0.952. The third-order valence-corrected chi connectivity index (χ3v) is 14.7. The third kappa shape index (κ3) is 9.42. The van der Waals surface area contributed by atoms with Gasteiger partial charge in [0.1, 0.15) is 41.0 Å². The Hall–Kier alpha value is -6.74. The van der Waals surface area contributed by atoms with Gasteiger partial charge in [-0.3, -0.25) is 19.1 Å². The van der Waals surface area contributed by atoms with E-state index in [1.165, 1.54) is 11.0 Å². The number of rotatable bonds is 15. The van der Waals surface area contributed by atoms with E-state index in [4.69, 9.17) is 19.2 Å². The largest absolute Gasteiger partial charge is 0.497 e. The molecule has 338 valence electrons. The van der Waals surface area contributed by atoms with E-state index in [0.717, 1.165) is 11.1 Å². The quantitative estimate of drug-likeness (QED) is 0.0952. The molecule has 65 heavy (non-hydrogen) atoms. The van der Waals surface area contributed by atoms with Crippen LogP contribution < -0.4 is 29.6 Å². The summed E-state index contributed by atoms with van der Waals surface area (Å²) in [6, 6.07) is 32.0. The predicted octanol–water partition coefficient (Wildman–Crippen LogP) is 6.74. The lowest BCUT2D eigenvalue weighted by molar-refractivity contribution is -0.142. The van der Waals surface area contributed by atoms with Crippen LogP contribution in [0.4, 0.5) is 4.79 Å². The number of amides is 4. The van der Waals surface area contributed by atoms with E-state index in [1.807, 2.05) is 72.8 Å². The van der Waals surface area contributed by atoms with Crippen molar-refractivity contribution in [1.29, 1.82) is 0 Å². The van der Waals surface area contributed by atoms with Gasteiger partial charge in [0.25, 0.3) is 5.91 Å². The number of carbonyl (C=O) groups excluding carboxylic acids is 4. The standard InChI is InChI=1S/C50H53N5O9S/c1-6-34-30-50(34,46(58)54-65(60,61)49(24-25-49)29-32-16-10-7-11-17-32)53-44(56)41-27-37(31-55(41)45(57)43(48(2,3)4)52-47(59)64-35-20-14-9-15-21-35)63-42-28-39(33-18-12-8-13-19-33)51-40-26-36(62-5)22-23-38(40)42/h6-23,26,28,34,37,41,43H,1,24-25,27,29-31H2,2-5H3,(H,52,59)(H,53,56)(H,54,58)/t34-,37-,41+,43-,50-/m1/s1. The number of hydrogen-bond donors (Lipinski definition) is 3. The zero-order valence-electron chi connectivity index (χ0n) is 36.8. The van der Waals surface area contributed by atoms with E-state index in [9.17, 15) is 27.6 Å². The smallest absolute Gasteiger partial charge is 0.413 e. The topological polar surface area (TPSA) is 182 Å². The number of nitrogens with zero attached hydrogens (tertiary/aromatic N) is 2. The van der Waals surface area contributed by atoms with Crippen LogP contribution in [-0.4, -0.2) is 84.2 Å². The Kier molecular flexibility index (Phi) is 12.2. The Balaban J connectivity index is 1.10. The summed E-state index contributed by atoms with van der Waals surface area (Å²) in [5.41, 5.74) is 0.364. The SMILES string of the molecule is C=C[C@@H]1C[C@]1(NC(=O)[C@@H]1C[C@@H](Oc2cc(-c3ccccc3)nc3cc(OC)ccc23)CN1C(=O)[C@@H](NC(=O)Oc1ccccc1)C(C)(C)C)C(=O)NS(=O)(=O)C1(Cc2ccccc2)CC1. The molecular formula is C50H53N5O9S. The second-order valence-corrected chi connectivity index (χ2v) is 20.2. The average Bonchev–Trinajstić information content (AvgIpc) is 4.20. The molecule has 0 bridgehead atoms. The highest BCUT2D eigenvalue weighted by Crippen LogP contribution is 2.49. The summed E-state index contributed by atoms with van der Waals surface area (Å²) in [5, 5.41) is 6.28. The summed E-state index contributed by atoms with van der Waals surface area (Å²) >= 11 is 0. The second kappa shape index (κ2) is 17.7. The molecule has 0 unspecified atom stereocenters. The summed E-state index contributed by atoms with van der Waals surface area (Å²) in [5.74, 6) is -1.42. The normalized spacial score (nSPS) is 21.4. The van der Waals surface area contributed by atoms with Gasteiger partial charge in [-0.25, -0.2) is 18.2 Å². The highest BCUT2D eigenvalue weighted by atomic mass is 32.2. The van der Waals surface area contributed by atoms with Crippen LogP contribution in [0, 0.1) is 11.3 Å². The number of sulfonamides is 1. The van der Waals surface area contributed by atoms with E-state index >= 15 is 0 Å². The van der Waals surface area contributed by atoms with E-state index < -0.39 is 73.6 Å². The molecule has 1 saturated heterocycles. The molecule has 5 atom stereocenters. The molecule has 0 radical (unpaired) electrons. The number of carbonyl (C=O) groups is 4. The van der Waals surface area contributed by atoms with Gasteiger partial charge in [-0.2, -0.15) is 0 Å². The zero-order valence-corrected chi connectivity index (χ0v) is 37.6. The highest BCUT2D eigenvalue weighted by molar-refractivity contribution is 7.91. The number of benzene rings is 4. The number of pyridine rings is 1. The van der Waals surface area contributed by atoms with Crippen LogP contribution >= 0.6 is 0 Å². The molecule has 4 aromatic carbocycles. The molecule has 15 heteroatoms. The maximum absolute atomic E-state index is 14.9. The average molecular weight is 900 g/mol.